The van der Waals surface area contributed by atoms with E-state index in [-0.39, 0.29) is 11.7 Å². The molecule has 174 valence electrons. The van der Waals surface area contributed by atoms with Crippen molar-refractivity contribution in [2.75, 3.05) is 0 Å². The van der Waals surface area contributed by atoms with E-state index in [1.807, 2.05) is 32.2 Å². The van der Waals surface area contributed by atoms with Crippen molar-refractivity contribution in [2.24, 2.45) is 7.05 Å². The zero-order valence-corrected chi connectivity index (χ0v) is 21.3. The van der Waals surface area contributed by atoms with Crippen LogP contribution < -0.4 is 5.32 Å². The minimum atomic E-state index is -3.19. The lowest BCUT2D eigenvalue weighted by Crippen LogP contribution is -2.34. The van der Waals surface area contributed by atoms with Gasteiger partial charge in [0.1, 0.15) is 11.4 Å². The van der Waals surface area contributed by atoms with Crippen molar-refractivity contribution >= 4 is 31.8 Å². The predicted molar refractivity (Wildman–Crippen MR) is 132 cm³/mol. The fraction of sp³-hybridized carbons (Fsp3) is 0.435. The number of halogens is 2. The van der Waals surface area contributed by atoms with Crippen LogP contribution in [0, 0.1) is 0 Å². The predicted octanol–water partition coefficient (Wildman–Crippen LogP) is 5.90. The molecule has 0 aliphatic rings. The number of rotatable bonds is 9. The van der Waals surface area contributed by atoms with Gasteiger partial charge < -0.3 is 5.32 Å². The summed E-state index contributed by atoms with van der Waals surface area (Å²) < 4.78 is 28.3. The summed E-state index contributed by atoms with van der Waals surface area (Å²) >= 11 is 1.61. The Kier molecular flexibility index (Phi) is 9.17. The lowest BCUT2D eigenvalue weighted by atomic mass is 10.1. The van der Waals surface area contributed by atoms with Crippen molar-refractivity contribution in [3.05, 3.63) is 63.6 Å². The molecule has 32 heavy (non-hydrogen) atoms. The smallest absolute Gasteiger partial charge is 0.302 e. The molecule has 0 saturated carbocycles. The lowest BCUT2D eigenvalue weighted by Gasteiger charge is -2.20. The zero-order chi connectivity index (χ0) is 24.1. The highest BCUT2D eigenvalue weighted by Gasteiger charge is 2.30. The first-order valence-corrected chi connectivity index (χ1v) is 11.9. The number of hydrogen-bond donors (Lipinski definition) is 1. The largest absolute Gasteiger partial charge is 0.344 e. The highest BCUT2D eigenvalue weighted by atomic mass is 32.2. The molecule has 0 fully saturated rings. The van der Waals surface area contributed by atoms with Gasteiger partial charge in [-0.2, -0.15) is 13.9 Å². The molecule has 0 bridgehead atoms. The quantitative estimate of drug-likeness (QED) is 0.454. The second-order valence-electron chi connectivity index (χ2n) is 7.50. The number of nitrogens with one attached hydrogen (secondary N) is 1. The van der Waals surface area contributed by atoms with E-state index in [9.17, 15) is 13.6 Å². The number of carbonyl (C=O) groups excluding carboxylic acids is 1. The molecule has 0 radical (unpaired) electrons. The minimum absolute atomic E-state index is 0.0802. The number of allylic oxidation sites excluding steroid dienone is 2. The molecular weight excluding hydrogens is 449 g/mol. The summed E-state index contributed by atoms with van der Waals surface area (Å²) in [6.45, 7) is 10.1. The van der Waals surface area contributed by atoms with Gasteiger partial charge in [-0.3, -0.25) is 14.5 Å². The highest BCUT2D eigenvalue weighted by Crippen LogP contribution is 2.39. The normalized spacial score (nSPS) is 14.2. The molecule has 0 aromatic carbocycles. The Balaban J connectivity index is 2.25. The van der Waals surface area contributed by atoms with Crippen LogP contribution in [-0.4, -0.2) is 26.7 Å². The molecule has 2 unspecified atom stereocenters. The number of aromatic nitrogens is 3. The monoisotopic (exact) mass is 480 g/mol. The molecular formula is C23H31F2N4OPS. The topological polar surface area (TPSA) is 59.8 Å². The summed E-state index contributed by atoms with van der Waals surface area (Å²) in [5.74, 6) is -0.456. The van der Waals surface area contributed by atoms with Crippen LogP contribution in [0.5, 0.6) is 0 Å². The molecule has 2 heterocycles. The lowest BCUT2D eigenvalue weighted by molar-refractivity contribution is 0.0936. The Hall–Kier alpha value is -2.05. The molecule has 1 amide bonds. The molecule has 0 aliphatic heterocycles. The third kappa shape index (κ3) is 6.48. The third-order valence-electron chi connectivity index (χ3n) is 5.09. The number of amides is 1. The maximum absolute atomic E-state index is 13.6. The average molecular weight is 481 g/mol. The molecule has 0 spiro atoms. The molecule has 0 saturated heterocycles. The van der Waals surface area contributed by atoms with E-state index in [1.165, 1.54) is 26.5 Å². The van der Waals surface area contributed by atoms with Gasteiger partial charge in [-0.05, 0) is 57.4 Å². The van der Waals surface area contributed by atoms with Gasteiger partial charge in [0.15, 0.2) is 0 Å². The first kappa shape index (κ1) is 26.2. The Labute approximate surface area is 195 Å². The minimum Gasteiger partial charge on any atom is -0.344 e. The second kappa shape index (κ2) is 11.2. The van der Waals surface area contributed by atoms with E-state index in [1.54, 1.807) is 11.8 Å². The summed E-state index contributed by atoms with van der Waals surface area (Å²) in [6.07, 6.45) is 5.53. The third-order valence-corrected chi connectivity index (χ3v) is 7.00. The second-order valence-corrected chi connectivity index (χ2v) is 9.31. The van der Waals surface area contributed by atoms with E-state index >= 15 is 0 Å². The van der Waals surface area contributed by atoms with Crippen LogP contribution in [-0.2, 0) is 19.1 Å². The highest BCUT2D eigenvalue weighted by molar-refractivity contribution is 8.11. The molecule has 2 aromatic heterocycles. The van der Waals surface area contributed by atoms with E-state index in [4.69, 9.17) is 0 Å². The van der Waals surface area contributed by atoms with Gasteiger partial charge in [0.05, 0.1) is 6.04 Å². The Morgan fingerprint density at radius 2 is 2.06 bits per heavy atom. The van der Waals surface area contributed by atoms with Crippen LogP contribution in [0.1, 0.15) is 68.5 Å². The van der Waals surface area contributed by atoms with Gasteiger partial charge in [0.25, 0.3) is 5.91 Å². The van der Waals surface area contributed by atoms with E-state index < -0.39 is 17.3 Å². The first-order chi connectivity index (χ1) is 15.0. The van der Waals surface area contributed by atoms with Gasteiger partial charge in [0, 0.05) is 28.7 Å². The Morgan fingerprint density at radius 1 is 1.38 bits per heavy atom. The molecule has 2 atom stereocenters. The van der Waals surface area contributed by atoms with E-state index in [0.29, 0.717) is 0 Å². The van der Waals surface area contributed by atoms with Gasteiger partial charge in [0.2, 0.25) is 0 Å². The number of carbonyl (C=O) groups is 1. The van der Waals surface area contributed by atoms with Crippen molar-refractivity contribution in [3.8, 4) is 0 Å². The molecule has 2 rings (SSSR count). The molecule has 9 heteroatoms. The standard InChI is InChI=1S/C23H31F2N4OPS/c1-7-14(4)21(16-10-11-26-17(8-2)12-16)32-19(9-3)15(5)27-22(30)18-13-20(23(24,25)31)28-29(18)6/h9-13,15H,7-8,31H2,1-6H3,(H,27,30)/b19-9-,21-14?. The summed E-state index contributed by atoms with van der Waals surface area (Å²) in [5.41, 5.74) is -0.219. The van der Waals surface area contributed by atoms with Crippen LogP contribution in [0.15, 0.2) is 41.0 Å². The van der Waals surface area contributed by atoms with Gasteiger partial charge >= 0.3 is 5.66 Å². The van der Waals surface area contributed by atoms with E-state index in [2.05, 4.69) is 42.2 Å². The average Bonchev–Trinajstić information content (AvgIpc) is 3.16. The molecule has 5 nitrogen and oxygen atoms in total. The van der Waals surface area contributed by atoms with Crippen LogP contribution in [0.2, 0.25) is 0 Å². The summed E-state index contributed by atoms with van der Waals surface area (Å²) in [5, 5.41) is 6.68. The first-order valence-electron chi connectivity index (χ1n) is 10.5. The zero-order valence-electron chi connectivity index (χ0n) is 19.4. The van der Waals surface area contributed by atoms with Crippen molar-refractivity contribution in [1.29, 1.82) is 0 Å². The van der Waals surface area contributed by atoms with Gasteiger partial charge in [-0.25, -0.2) is 0 Å². The SMILES string of the molecule is C/C=C(\SC(=C(C)CC)c1ccnc(CC)c1)C(C)NC(=O)c1cc(C(F)(F)P)nn1C. The van der Waals surface area contributed by atoms with Crippen molar-refractivity contribution in [3.63, 3.8) is 0 Å². The van der Waals surface area contributed by atoms with Crippen LogP contribution in [0.4, 0.5) is 8.78 Å². The maximum atomic E-state index is 13.6. The maximum Gasteiger partial charge on any atom is 0.302 e. The number of thioether (sulfide) groups is 1. The Morgan fingerprint density at radius 3 is 2.59 bits per heavy atom. The number of nitrogens with zero attached hydrogens (tertiary/aromatic N) is 3. The number of alkyl halides is 2. The number of pyridine rings is 1. The summed E-state index contributed by atoms with van der Waals surface area (Å²) in [4.78, 5) is 19.3. The number of hydrogen-bond acceptors (Lipinski definition) is 4. The fourth-order valence-corrected chi connectivity index (χ4v) is 4.36. The van der Waals surface area contributed by atoms with Crippen molar-refractivity contribution in [2.45, 2.75) is 59.2 Å². The number of aryl methyl sites for hydroxylation is 2. The van der Waals surface area contributed by atoms with Gasteiger partial charge in [-0.15, -0.1) is 0 Å². The summed E-state index contributed by atoms with van der Waals surface area (Å²) in [6, 6.07) is 4.89. The molecule has 1 N–H and O–H groups in total. The van der Waals surface area contributed by atoms with Crippen LogP contribution in [0.3, 0.4) is 0 Å². The fourth-order valence-electron chi connectivity index (χ4n) is 3.07. The summed E-state index contributed by atoms with van der Waals surface area (Å²) in [7, 11) is 2.92. The van der Waals surface area contributed by atoms with Crippen molar-refractivity contribution in [1.82, 2.24) is 20.1 Å². The Bertz CT molecular complexity index is 1030. The molecule has 2 aromatic rings. The van der Waals surface area contributed by atoms with Crippen molar-refractivity contribution < 1.29 is 13.6 Å². The molecule has 0 aliphatic carbocycles. The van der Waals surface area contributed by atoms with Crippen LogP contribution >= 0.6 is 21.0 Å². The van der Waals surface area contributed by atoms with E-state index in [0.717, 1.165) is 40.0 Å². The van der Waals surface area contributed by atoms with Gasteiger partial charge in [-0.1, -0.05) is 46.5 Å². The van der Waals surface area contributed by atoms with Crippen LogP contribution in [0.25, 0.3) is 4.91 Å².